The highest BCUT2D eigenvalue weighted by Crippen LogP contribution is 2.22. The molecule has 0 atom stereocenters. The second-order valence-corrected chi connectivity index (χ2v) is 3.96. The Hall–Kier alpha value is -2.31. The lowest BCUT2D eigenvalue weighted by Gasteiger charge is -1.94. The second-order valence-electron chi connectivity index (χ2n) is 3.96. The largest absolute Gasteiger partial charge is 0.505 e. The van der Waals surface area contributed by atoms with E-state index in [1.54, 1.807) is 0 Å². The maximum absolute atomic E-state index is 12.2. The van der Waals surface area contributed by atoms with Gasteiger partial charge in [-0.2, -0.15) is 4.39 Å². The minimum atomic E-state index is -0.975. The Labute approximate surface area is 115 Å². The Balaban J connectivity index is 0.000000367. The summed E-state index contributed by atoms with van der Waals surface area (Å²) in [5, 5.41) is 33.5. The molecule has 0 spiro atoms. The highest BCUT2D eigenvalue weighted by Gasteiger charge is 2.02. The molecule has 0 fully saturated rings. The lowest BCUT2D eigenvalue weighted by Crippen LogP contribution is -1.96. The summed E-state index contributed by atoms with van der Waals surface area (Å²) in [5.74, 6) is -3.68. The zero-order valence-electron chi connectivity index (χ0n) is 10.8. The van der Waals surface area contributed by atoms with Crippen molar-refractivity contribution in [1.82, 2.24) is 0 Å². The summed E-state index contributed by atoms with van der Waals surface area (Å²) in [4.78, 5) is 20.0. The summed E-state index contributed by atoms with van der Waals surface area (Å²) in [7, 11) is 0. The van der Waals surface area contributed by atoms with Gasteiger partial charge in [0.15, 0.2) is 11.5 Å². The molecule has 0 aromatic heterocycles. The van der Waals surface area contributed by atoms with Crippen LogP contribution in [-0.2, 0) is 9.59 Å². The maximum Gasteiger partial charge on any atom is 0.303 e. The minimum absolute atomic E-state index is 0.139. The number of aliphatic carboxylic acids is 2. The Bertz CT molecular complexity index is 410. The number of carboxylic acids is 2. The number of phenols is 2. The molecule has 0 radical (unpaired) electrons. The third kappa shape index (κ3) is 8.73. The van der Waals surface area contributed by atoms with E-state index in [1.807, 2.05) is 0 Å². The molecule has 0 unspecified atom stereocenters. The van der Waals surface area contributed by atoms with Crippen molar-refractivity contribution >= 4 is 11.9 Å². The number of carboxylic acid groups (broad SMARTS) is 2. The number of benzene rings is 1. The molecule has 0 saturated carbocycles. The molecular formula is C13H17FO6. The average molecular weight is 288 g/mol. The van der Waals surface area contributed by atoms with Gasteiger partial charge in [-0.3, -0.25) is 9.59 Å². The van der Waals surface area contributed by atoms with E-state index in [0.29, 0.717) is 19.3 Å². The highest BCUT2D eigenvalue weighted by atomic mass is 19.1. The number of unbranched alkanes of at least 4 members (excludes halogenated alkanes) is 2. The van der Waals surface area contributed by atoms with E-state index < -0.39 is 29.3 Å². The predicted octanol–water partition coefficient (Wildman–Crippen LogP) is 2.34. The zero-order valence-corrected chi connectivity index (χ0v) is 10.8. The first kappa shape index (κ1) is 17.7. The standard InChI is InChI=1S/C7H12O4.C6H5FO2/c8-6(9)4-2-1-3-5-7(10)11;7-6-4(8)2-1-3-5(6)9/h1-5H2,(H,8,9)(H,10,11);1-3,8-9H. The number of aromatic hydroxyl groups is 2. The van der Waals surface area contributed by atoms with E-state index in [2.05, 4.69) is 0 Å². The number of hydrogen-bond acceptors (Lipinski definition) is 4. The van der Waals surface area contributed by atoms with Crippen LogP contribution < -0.4 is 0 Å². The molecular weight excluding hydrogens is 271 g/mol. The van der Waals surface area contributed by atoms with Crippen molar-refractivity contribution in [3.8, 4) is 11.5 Å². The maximum atomic E-state index is 12.2. The number of hydrogen-bond donors (Lipinski definition) is 4. The van der Waals surface area contributed by atoms with Crippen LogP contribution in [0.5, 0.6) is 11.5 Å². The first-order chi connectivity index (χ1) is 9.34. The summed E-state index contributed by atoms with van der Waals surface area (Å²) in [6.07, 6.45) is 2.10. The summed E-state index contributed by atoms with van der Waals surface area (Å²) in [6, 6.07) is 3.68. The molecule has 6 nitrogen and oxygen atoms in total. The summed E-state index contributed by atoms with van der Waals surface area (Å²) in [5.41, 5.74) is 0. The van der Waals surface area contributed by atoms with Gasteiger partial charge >= 0.3 is 11.9 Å². The van der Waals surface area contributed by atoms with Crippen LogP contribution in [0.15, 0.2) is 18.2 Å². The van der Waals surface area contributed by atoms with Gasteiger partial charge in [0.05, 0.1) is 0 Å². The molecule has 7 heteroatoms. The fourth-order valence-corrected chi connectivity index (χ4v) is 1.24. The van der Waals surface area contributed by atoms with Gasteiger partial charge in [-0.25, -0.2) is 0 Å². The quantitative estimate of drug-likeness (QED) is 0.597. The van der Waals surface area contributed by atoms with Gasteiger partial charge in [-0.15, -0.1) is 0 Å². The lowest BCUT2D eigenvalue weighted by atomic mass is 10.1. The monoisotopic (exact) mass is 288 g/mol. The Morgan fingerprint density at radius 2 is 1.30 bits per heavy atom. The fourth-order valence-electron chi connectivity index (χ4n) is 1.24. The van der Waals surface area contributed by atoms with Crippen molar-refractivity contribution in [1.29, 1.82) is 0 Å². The van der Waals surface area contributed by atoms with E-state index in [0.717, 1.165) is 12.1 Å². The third-order valence-electron chi connectivity index (χ3n) is 2.24. The van der Waals surface area contributed by atoms with Crippen molar-refractivity contribution in [3.63, 3.8) is 0 Å². The number of rotatable bonds is 6. The van der Waals surface area contributed by atoms with E-state index in [-0.39, 0.29) is 12.8 Å². The molecule has 0 aliphatic carbocycles. The van der Waals surface area contributed by atoms with Crippen LogP contribution in [0.1, 0.15) is 32.1 Å². The zero-order chi connectivity index (χ0) is 15.5. The van der Waals surface area contributed by atoms with Crippen LogP contribution in [0.25, 0.3) is 0 Å². The highest BCUT2D eigenvalue weighted by molar-refractivity contribution is 5.67. The molecule has 0 aliphatic rings. The number of halogens is 1. The van der Waals surface area contributed by atoms with Crippen LogP contribution in [0.3, 0.4) is 0 Å². The van der Waals surface area contributed by atoms with Crippen molar-refractivity contribution < 1.29 is 34.4 Å². The molecule has 1 aromatic rings. The Morgan fingerprint density at radius 1 is 0.900 bits per heavy atom. The summed E-state index contributed by atoms with van der Waals surface area (Å²) in [6.45, 7) is 0. The van der Waals surface area contributed by atoms with E-state index >= 15 is 0 Å². The number of phenolic OH excluding ortho intramolecular Hbond substituents is 2. The van der Waals surface area contributed by atoms with Crippen molar-refractivity contribution in [2.75, 3.05) is 0 Å². The topological polar surface area (TPSA) is 115 Å². The summed E-state index contributed by atoms with van der Waals surface area (Å²) < 4.78 is 12.2. The number of carbonyl (C=O) groups is 2. The van der Waals surface area contributed by atoms with Gasteiger partial charge in [-0.05, 0) is 25.0 Å². The first-order valence-corrected chi connectivity index (χ1v) is 5.94. The molecule has 1 rings (SSSR count). The molecule has 20 heavy (non-hydrogen) atoms. The van der Waals surface area contributed by atoms with E-state index in [4.69, 9.17) is 20.4 Å². The third-order valence-corrected chi connectivity index (χ3v) is 2.24. The predicted molar refractivity (Wildman–Crippen MR) is 68.1 cm³/mol. The van der Waals surface area contributed by atoms with Gasteiger partial charge in [0, 0.05) is 12.8 Å². The van der Waals surface area contributed by atoms with Gasteiger partial charge in [-0.1, -0.05) is 12.5 Å². The van der Waals surface area contributed by atoms with Gasteiger partial charge in [0.25, 0.3) is 0 Å². The van der Waals surface area contributed by atoms with Crippen molar-refractivity contribution in [2.24, 2.45) is 0 Å². The molecule has 0 saturated heterocycles. The normalized spacial score (nSPS) is 9.45. The second kappa shape index (κ2) is 9.60. The average Bonchev–Trinajstić information content (AvgIpc) is 2.35. The van der Waals surface area contributed by atoms with Crippen LogP contribution in [0.4, 0.5) is 4.39 Å². The van der Waals surface area contributed by atoms with Crippen LogP contribution >= 0.6 is 0 Å². The molecule has 112 valence electrons. The molecule has 4 N–H and O–H groups in total. The lowest BCUT2D eigenvalue weighted by molar-refractivity contribution is -0.137. The van der Waals surface area contributed by atoms with Crippen LogP contribution in [-0.4, -0.2) is 32.4 Å². The SMILES string of the molecule is O=C(O)CCCCCC(=O)O.Oc1cccc(O)c1F. The smallest absolute Gasteiger partial charge is 0.303 e. The van der Waals surface area contributed by atoms with E-state index in [9.17, 15) is 14.0 Å². The van der Waals surface area contributed by atoms with E-state index in [1.165, 1.54) is 6.07 Å². The summed E-state index contributed by atoms with van der Waals surface area (Å²) >= 11 is 0. The van der Waals surface area contributed by atoms with Gasteiger partial charge in [0.1, 0.15) is 0 Å². The Kier molecular flexibility index (Phi) is 8.49. The first-order valence-electron chi connectivity index (χ1n) is 5.94. The van der Waals surface area contributed by atoms with Crippen molar-refractivity contribution in [2.45, 2.75) is 32.1 Å². The van der Waals surface area contributed by atoms with Gasteiger partial charge < -0.3 is 20.4 Å². The van der Waals surface area contributed by atoms with Crippen LogP contribution in [0.2, 0.25) is 0 Å². The van der Waals surface area contributed by atoms with Crippen molar-refractivity contribution in [3.05, 3.63) is 24.0 Å². The minimum Gasteiger partial charge on any atom is -0.505 e. The molecule has 0 amide bonds. The molecule has 0 bridgehead atoms. The van der Waals surface area contributed by atoms with Gasteiger partial charge in [0.2, 0.25) is 5.82 Å². The van der Waals surface area contributed by atoms with Crippen LogP contribution in [0, 0.1) is 5.82 Å². The molecule has 0 heterocycles. The molecule has 1 aromatic carbocycles. The molecule has 0 aliphatic heterocycles. The Morgan fingerprint density at radius 3 is 1.60 bits per heavy atom. The fraction of sp³-hybridized carbons (Fsp3) is 0.385.